The molecule has 0 saturated carbocycles. The average Bonchev–Trinajstić information content (AvgIpc) is 3.34. The first kappa shape index (κ1) is 17.4. The first-order valence-electron chi connectivity index (χ1n) is 9.14. The molecule has 140 valence electrons. The van der Waals surface area contributed by atoms with E-state index < -0.39 is 0 Å². The van der Waals surface area contributed by atoms with Gasteiger partial charge in [0.15, 0.2) is 11.5 Å². The van der Waals surface area contributed by atoms with Crippen molar-refractivity contribution in [1.82, 2.24) is 14.9 Å². The zero-order chi connectivity index (χ0) is 18.8. The van der Waals surface area contributed by atoms with Crippen molar-refractivity contribution in [2.75, 3.05) is 20.8 Å². The Morgan fingerprint density at radius 3 is 2.78 bits per heavy atom. The van der Waals surface area contributed by atoms with E-state index in [2.05, 4.69) is 4.98 Å². The lowest BCUT2D eigenvalue weighted by Gasteiger charge is -2.23. The molecule has 1 atom stereocenters. The summed E-state index contributed by atoms with van der Waals surface area (Å²) in [6.07, 6.45) is 2.24. The number of carbonyl (C=O) groups excluding carboxylic acids is 1. The van der Waals surface area contributed by atoms with Crippen molar-refractivity contribution in [2.45, 2.75) is 25.3 Å². The van der Waals surface area contributed by atoms with Crippen LogP contribution in [0.25, 0.3) is 11.0 Å². The van der Waals surface area contributed by atoms with Crippen molar-refractivity contribution in [2.24, 2.45) is 0 Å². The van der Waals surface area contributed by atoms with Crippen molar-refractivity contribution in [3.8, 4) is 11.5 Å². The van der Waals surface area contributed by atoms with Crippen LogP contribution in [0.2, 0.25) is 0 Å². The summed E-state index contributed by atoms with van der Waals surface area (Å²) < 4.78 is 10.6. The molecule has 0 bridgehead atoms. The molecule has 0 aliphatic carbocycles. The van der Waals surface area contributed by atoms with Crippen LogP contribution in [0.5, 0.6) is 11.5 Å². The lowest BCUT2D eigenvalue weighted by Crippen LogP contribution is -2.32. The van der Waals surface area contributed by atoms with Crippen molar-refractivity contribution in [3.05, 3.63) is 53.9 Å². The lowest BCUT2D eigenvalue weighted by molar-refractivity contribution is -0.131. The second kappa shape index (κ2) is 7.31. The number of nitrogens with zero attached hydrogens (tertiary/aromatic N) is 2. The summed E-state index contributed by atoms with van der Waals surface area (Å²) in [5.74, 6) is 2.27. The van der Waals surface area contributed by atoms with Gasteiger partial charge in [-0.3, -0.25) is 4.79 Å². The molecule has 6 heteroatoms. The van der Waals surface area contributed by atoms with E-state index in [-0.39, 0.29) is 11.9 Å². The molecular weight excluding hydrogens is 342 g/mol. The normalized spacial score (nSPS) is 16.7. The molecule has 2 aromatic carbocycles. The second-order valence-corrected chi connectivity index (χ2v) is 6.75. The van der Waals surface area contributed by atoms with E-state index in [4.69, 9.17) is 14.5 Å². The van der Waals surface area contributed by atoms with Gasteiger partial charge in [-0.15, -0.1) is 0 Å². The third-order valence-electron chi connectivity index (χ3n) is 5.10. The van der Waals surface area contributed by atoms with Crippen molar-refractivity contribution in [1.29, 1.82) is 0 Å². The lowest BCUT2D eigenvalue weighted by atomic mass is 10.1. The quantitative estimate of drug-likeness (QED) is 0.752. The molecule has 4 rings (SSSR count). The number of methoxy groups -OCH3 is 2. The number of amides is 1. The highest BCUT2D eigenvalue weighted by Crippen LogP contribution is 2.33. The van der Waals surface area contributed by atoms with E-state index in [0.29, 0.717) is 17.9 Å². The maximum absolute atomic E-state index is 13.0. The summed E-state index contributed by atoms with van der Waals surface area (Å²) >= 11 is 0. The smallest absolute Gasteiger partial charge is 0.227 e. The van der Waals surface area contributed by atoms with Crippen molar-refractivity contribution >= 4 is 16.9 Å². The number of fused-ring (bicyclic) bond motifs is 1. The van der Waals surface area contributed by atoms with Crippen LogP contribution in [0, 0.1) is 0 Å². The number of aromatic amines is 1. The van der Waals surface area contributed by atoms with E-state index in [1.807, 2.05) is 47.4 Å². The first-order chi connectivity index (χ1) is 13.2. The van der Waals surface area contributed by atoms with Crippen LogP contribution in [0.1, 0.15) is 30.3 Å². The summed E-state index contributed by atoms with van der Waals surface area (Å²) in [6.45, 7) is 0.758. The summed E-state index contributed by atoms with van der Waals surface area (Å²) in [4.78, 5) is 23.0. The third kappa shape index (κ3) is 3.35. The van der Waals surface area contributed by atoms with Crippen LogP contribution in [0.15, 0.2) is 42.5 Å². The Balaban J connectivity index is 1.54. The van der Waals surface area contributed by atoms with Gasteiger partial charge in [-0.05, 0) is 42.7 Å². The number of carbonyl (C=O) groups is 1. The molecule has 1 aromatic heterocycles. The molecule has 3 aromatic rings. The van der Waals surface area contributed by atoms with Gasteiger partial charge in [-0.1, -0.05) is 18.2 Å². The van der Waals surface area contributed by atoms with Gasteiger partial charge in [0.1, 0.15) is 5.82 Å². The fourth-order valence-electron chi connectivity index (χ4n) is 3.75. The Kier molecular flexibility index (Phi) is 4.71. The number of ether oxygens (including phenoxy) is 2. The topological polar surface area (TPSA) is 67.5 Å². The summed E-state index contributed by atoms with van der Waals surface area (Å²) in [5, 5.41) is 0. The fraction of sp³-hybridized carbons (Fsp3) is 0.333. The summed E-state index contributed by atoms with van der Waals surface area (Å²) in [5.41, 5.74) is 2.85. The number of imidazole rings is 1. The van der Waals surface area contributed by atoms with Gasteiger partial charge in [-0.2, -0.15) is 0 Å². The highest BCUT2D eigenvalue weighted by Gasteiger charge is 2.32. The Morgan fingerprint density at radius 1 is 1.19 bits per heavy atom. The van der Waals surface area contributed by atoms with E-state index in [9.17, 15) is 4.79 Å². The monoisotopic (exact) mass is 365 g/mol. The zero-order valence-corrected chi connectivity index (χ0v) is 15.6. The molecule has 1 aliphatic heterocycles. The Morgan fingerprint density at radius 2 is 2.00 bits per heavy atom. The van der Waals surface area contributed by atoms with Crippen LogP contribution in [-0.4, -0.2) is 41.5 Å². The molecule has 1 amide bonds. The van der Waals surface area contributed by atoms with Crippen LogP contribution in [-0.2, 0) is 11.2 Å². The number of benzene rings is 2. The summed E-state index contributed by atoms with van der Waals surface area (Å²) in [6, 6.07) is 13.6. The Labute approximate surface area is 158 Å². The predicted molar refractivity (Wildman–Crippen MR) is 103 cm³/mol. The van der Waals surface area contributed by atoms with E-state index in [0.717, 1.165) is 41.8 Å². The number of rotatable bonds is 5. The fourth-order valence-corrected chi connectivity index (χ4v) is 3.75. The minimum atomic E-state index is 0.00467. The average molecular weight is 365 g/mol. The Bertz CT molecular complexity index is 933. The number of aromatic nitrogens is 2. The molecule has 1 fully saturated rings. The standard InChI is InChI=1S/C21H23N3O3/c1-26-18-10-9-14(12-19(18)27-2)13-20(25)24-11-5-8-17(24)21-22-15-6-3-4-7-16(15)23-21/h3-4,6-7,9-10,12,17H,5,8,11,13H2,1-2H3,(H,22,23)/t17-/m0/s1. The van der Waals surface area contributed by atoms with Gasteiger partial charge < -0.3 is 19.4 Å². The molecular formula is C21H23N3O3. The zero-order valence-electron chi connectivity index (χ0n) is 15.6. The Hall–Kier alpha value is -3.02. The highest BCUT2D eigenvalue weighted by atomic mass is 16.5. The molecule has 1 saturated heterocycles. The second-order valence-electron chi connectivity index (χ2n) is 6.75. The van der Waals surface area contributed by atoms with Crippen molar-refractivity contribution in [3.63, 3.8) is 0 Å². The van der Waals surface area contributed by atoms with Gasteiger partial charge in [0.25, 0.3) is 0 Å². The largest absolute Gasteiger partial charge is 0.493 e. The van der Waals surface area contributed by atoms with Crippen LogP contribution in [0.4, 0.5) is 0 Å². The molecule has 27 heavy (non-hydrogen) atoms. The highest BCUT2D eigenvalue weighted by molar-refractivity contribution is 5.80. The molecule has 0 spiro atoms. The molecule has 6 nitrogen and oxygen atoms in total. The molecule has 0 unspecified atom stereocenters. The first-order valence-corrected chi connectivity index (χ1v) is 9.14. The van der Waals surface area contributed by atoms with Crippen LogP contribution >= 0.6 is 0 Å². The number of H-pyrrole nitrogens is 1. The van der Waals surface area contributed by atoms with Gasteiger partial charge in [0.2, 0.25) is 5.91 Å². The number of para-hydroxylation sites is 2. The van der Waals surface area contributed by atoms with Gasteiger partial charge in [0, 0.05) is 6.54 Å². The molecule has 2 heterocycles. The van der Waals surface area contributed by atoms with Crippen LogP contribution < -0.4 is 9.47 Å². The molecule has 1 N–H and O–H groups in total. The summed E-state index contributed by atoms with van der Waals surface area (Å²) in [7, 11) is 3.20. The molecule has 1 aliphatic rings. The maximum atomic E-state index is 13.0. The minimum absolute atomic E-state index is 0.00467. The third-order valence-corrected chi connectivity index (χ3v) is 5.10. The van der Waals surface area contributed by atoms with Crippen LogP contribution in [0.3, 0.4) is 0 Å². The predicted octanol–water partition coefficient (Wildman–Crippen LogP) is 3.49. The number of hydrogen-bond donors (Lipinski definition) is 1. The minimum Gasteiger partial charge on any atom is -0.493 e. The SMILES string of the molecule is COc1ccc(CC(=O)N2CCC[C@H]2c2nc3ccccc3[nH]2)cc1OC. The van der Waals surface area contributed by atoms with E-state index in [1.54, 1.807) is 14.2 Å². The van der Waals surface area contributed by atoms with Gasteiger partial charge in [-0.25, -0.2) is 4.98 Å². The van der Waals surface area contributed by atoms with Crippen molar-refractivity contribution < 1.29 is 14.3 Å². The molecule has 0 radical (unpaired) electrons. The van der Waals surface area contributed by atoms with E-state index in [1.165, 1.54) is 0 Å². The maximum Gasteiger partial charge on any atom is 0.227 e. The van der Waals surface area contributed by atoms with E-state index >= 15 is 0 Å². The number of hydrogen-bond acceptors (Lipinski definition) is 4. The van der Waals surface area contributed by atoms with Gasteiger partial charge in [0.05, 0.1) is 37.7 Å². The van der Waals surface area contributed by atoms with Gasteiger partial charge >= 0.3 is 0 Å². The number of nitrogens with one attached hydrogen (secondary N) is 1. The number of likely N-dealkylation sites (tertiary alicyclic amines) is 1.